The lowest BCUT2D eigenvalue weighted by atomic mass is 9.78. The third-order valence-electron chi connectivity index (χ3n) is 4.49. The summed E-state index contributed by atoms with van der Waals surface area (Å²) < 4.78 is 45.5. The van der Waals surface area contributed by atoms with Crippen molar-refractivity contribution < 1.29 is 27.6 Å². The van der Waals surface area contributed by atoms with Crippen molar-refractivity contribution in [3.05, 3.63) is 29.3 Å². The zero-order valence-corrected chi connectivity index (χ0v) is 16.3. The summed E-state index contributed by atoms with van der Waals surface area (Å²) in [5, 5.41) is 2.41. The molecule has 1 saturated heterocycles. The van der Waals surface area contributed by atoms with Crippen LogP contribution in [0.5, 0.6) is 0 Å². The van der Waals surface area contributed by atoms with Crippen LogP contribution in [-0.2, 0) is 20.6 Å². The number of alkyl carbamates (subject to hydrolysis) is 1. The van der Waals surface area contributed by atoms with E-state index in [1.807, 2.05) is 27.7 Å². The van der Waals surface area contributed by atoms with Gasteiger partial charge in [0.1, 0.15) is 17.2 Å². The molecule has 2 rings (SSSR count). The van der Waals surface area contributed by atoms with E-state index >= 15 is 0 Å². The third-order valence-corrected chi connectivity index (χ3v) is 4.49. The fourth-order valence-electron chi connectivity index (χ4n) is 2.37. The van der Waals surface area contributed by atoms with E-state index in [0.717, 1.165) is 12.1 Å². The Morgan fingerprint density at radius 3 is 2.15 bits per heavy atom. The number of halogens is 2. The first-order valence-corrected chi connectivity index (χ1v) is 8.52. The van der Waals surface area contributed by atoms with E-state index in [1.54, 1.807) is 20.8 Å². The van der Waals surface area contributed by atoms with Crippen molar-refractivity contribution in [2.24, 2.45) is 0 Å². The molecule has 144 valence electrons. The largest absolute Gasteiger partial charge is 0.497 e. The molecule has 1 fully saturated rings. The highest BCUT2D eigenvalue weighted by molar-refractivity contribution is 6.62. The summed E-state index contributed by atoms with van der Waals surface area (Å²) in [6.07, 6.45) is -0.702. The van der Waals surface area contributed by atoms with Crippen LogP contribution < -0.4 is 10.8 Å². The minimum atomic E-state index is -0.998. The molecule has 0 bridgehead atoms. The zero-order chi connectivity index (χ0) is 19.9. The summed E-state index contributed by atoms with van der Waals surface area (Å²) in [6.45, 7) is 12.3. The van der Waals surface area contributed by atoms with Gasteiger partial charge in [0, 0.05) is 17.6 Å². The van der Waals surface area contributed by atoms with E-state index in [0.29, 0.717) is 0 Å². The average Bonchev–Trinajstić information content (AvgIpc) is 2.66. The number of carbonyl (C=O) groups excluding carboxylic acids is 1. The summed E-state index contributed by atoms with van der Waals surface area (Å²) in [5.74, 6) is -1.32. The summed E-state index contributed by atoms with van der Waals surface area (Å²) in [6, 6.07) is 2.08. The van der Waals surface area contributed by atoms with Gasteiger partial charge < -0.3 is 19.4 Å². The van der Waals surface area contributed by atoms with E-state index in [4.69, 9.17) is 14.0 Å². The maximum atomic E-state index is 14.5. The van der Waals surface area contributed by atoms with Gasteiger partial charge in [0.25, 0.3) is 0 Å². The number of amides is 1. The molecule has 0 radical (unpaired) electrons. The lowest BCUT2D eigenvalue weighted by Gasteiger charge is -2.32. The Kier molecular flexibility index (Phi) is 5.41. The van der Waals surface area contributed by atoms with Crippen LogP contribution in [-0.4, -0.2) is 30.0 Å². The number of ether oxygens (including phenoxy) is 1. The molecule has 1 aliphatic heterocycles. The van der Waals surface area contributed by atoms with Gasteiger partial charge in [-0.15, -0.1) is 0 Å². The highest BCUT2D eigenvalue weighted by Gasteiger charge is 2.52. The first kappa shape index (κ1) is 20.6. The van der Waals surface area contributed by atoms with Crippen molar-refractivity contribution in [3.63, 3.8) is 0 Å². The smallest absolute Gasteiger partial charge is 0.444 e. The molecule has 0 unspecified atom stereocenters. The number of hydrogen-bond acceptors (Lipinski definition) is 4. The summed E-state index contributed by atoms with van der Waals surface area (Å²) >= 11 is 0. The molecule has 0 saturated carbocycles. The van der Waals surface area contributed by atoms with E-state index in [9.17, 15) is 13.6 Å². The molecule has 1 N–H and O–H groups in total. The Balaban J connectivity index is 2.13. The van der Waals surface area contributed by atoms with E-state index in [1.165, 1.54) is 0 Å². The van der Waals surface area contributed by atoms with E-state index in [-0.39, 0.29) is 17.6 Å². The number of hydrogen-bond donors (Lipinski definition) is 1. The molecular weight excluding hydrogens is 343 g/mol. The number of benzene rings is 1. The fourth-order valence-corrected chi connectivity index (χ4v) is 2.37. The normalized spacial score (nSPS) is 18.7. The molecule has 1 heterocycles. The maximum absolute atomic E-state index is 14.5. The van der Waals surface area contributed by atoms with Gasteiger partial charge in [-0.2, -0.15) is 0 Å². The van der Waals surface area contributed by atoms with Crippen LogP contribution in [0.3, 0.4) is 0 Å². The van der Waals surface area contributed by atoms with Gasteiger partial charge in [0.05, 0.1) is 11.2 Å². The maximum Gasteiger partial charge on any atom is 0.497 e. The van der Waals surface area contributed by atoms with Gasteiger partial charge in [-0.1, -0.05) is 0 Å². The second-order valence-corrected chi connectivity index (χ2v) is 8.41. The van der Waals surface area contributed by atoms with Crippen LogP contribution in [0.15, 0.2) is 12.1 Å². The monoisotopic (exact) mass is 369 g/mol. The molecule has 0 atom stereocenters. The lowest BCUT2D eigenvalue weighted by molar-refractivity contribution is 0.00578. The van der Waals surface area contributed by atoms with Gasteiger partial charge in [0.15, 0.2) is 0 Å². The number of rotatable bonds is 3. The van der Waals surface area contributed by atoms with Gasteiger partial charge in [-0.25, -0.2) is 13.6 Å². The molecule has 26 heavy (non-hydrogen) atoms. The van der Waals surface area contributed by atoms with Crippen molar-refractivity contribution >= 4 is 18.7 Å². The Bertz CT molecular complexity index is 685. The molecule has 0 aromatic heterocycles. The summed E-state index contributed by atoms with van der Waals surface area (Å²) in [5.41, 5.74) is -1.99. The molecule has 0 spiro atoms. The topological polar surface area (TPSA) is 56.8 Å². The lowest BCUT2D eigenvalue weighted by Crippen LogP contribution is -2.41. The van der Waals surface area contributed by atoms with Crippen LogP contribution >= 0.6 is 0 Å². The second kappa shape index (κ2) is 6.81. The first-order valence-electron chi connectivity index (χ1n) is 8.52. The first-order chi connectivity index (χ1) is 11.7. The molecular formula is C18H26BF2NO4. The van der Waals surface area contributed by atoms with Gasteiger partial charge >= 0.3 is 13.2 Å². The van der Waals surface area contributed by atoms with Gasteiger partial charge in [0.2, 0.25) is 0 Å². The number of carbonyl (C=O) groups is 1. The van der Waals surface area contributed by atoms with Crippen LogP contribution in [0.25, 0.3) is 0 Å². The van der Waals surface area contributed by atoms with Gasteiger partial charge in [-0.3, -0.25) is 0 Å². The molecule has 1 amide bonds. The Labute approximate surface area is 153 Å². The summed E-state index contributed by atoms with van der Waals surface area (Å²) in [4.78, 5) is 11.7. The molecule has 1 aromatic rings. The highest BCUT2D eigenvalue weighted by atomic mass is 19.1. The Morgan fingerprint density at radius 1 is 1.12 bits per heavy atom. The Hall–Kier alpha value is -1.67. The zero-order valence-electron chi connectivity index (χ0n) is 16.3. The standard InChI is InChI=1S/C18H26BF2NO4/c1-16(2,3)24-15(23)22-10-11-8-14(21)12(9-13(11)20)19-25-17(4,5)18(6,7)26-19/h8-9H,10H2,1-7H3,(H,22,23). The minimum Gasteiger partial charge on any atom is -0.444 e. The van der Waals surface area contributed by atoms with E-state index < -0.39 is 41.6 Å². The predicted molar refractivity (Wildman–Crippen MR) is 95.1 cm³/mol. The molecule has 8 heteroatoms. The van der Waals surface area contributed by atoms with Crippen molar-refractivity contribution in [3.8, 4) is 0 Å². The van der Waals surface area contributed by atoms with Crippen molar-refractivity contribution in [1.29, 1.82) is 0 Å². The molecule has 1 aliphatic rings. The van der Waals surface area contributed by atoms with Crippen LogP contribution in [0.1, 0.15) is 54.0 Å². The van der Waals surface area contributed by atoms with Gasteiger partial charge in [-0.05, 0) is 60.6 Å². The predicted octanol–water partition coefficient (Wildman–Crippen LogP) is 3.29. The fraction of sp³-hybridized carbons (Fsp3) is 0.611. The third kappa shape index (κ3) is 4.54. The Morgan fingerprint density at radius 2 is 1.65 bits per heavy atom. The molecule has 0 aliphatic carbocycles. The SMILES string of the molecule is CC(C)(C)OC(=O)NCc1cc(F)c(B2OC(C)(C)C(C)(C)O2)cc1F. The number of nitrogens with one attached hydrogen (secondary N) is 1. The summed E-state index contributed by atoms with van der Waals surface area (Å²) in [7, 11) is -0.998. The van der Waals surface area contributed by atoms with Crippen molar-refractivity contribution in [2.45, 2.75) is 71.8 Å². The van der Waals surface area contributed by atoms with Crippen LogP contribution in [0.2, 0.25) is 0 Å². The second-order valence-electron chi connectivity index (χ2n) is 8.41. The van der Waals surface area contributed by atoms with Crippen LogP contribution in [0.4, 0.5) is 13.6 Å². The highest BCUT2D eigenvalue weighted by Crippen LogP contribution is 2.36. The van der Waals surface area contributed by atoms with Crippen LogP contribution in [0, 0.1) is 11.6 Å². The van der Waals surface area contributed by atoms with E-state index in [2.05, 4.69) is 5.32 Å². The molecule has 1 aromatic carbocycles. The average molecular weight is 369 g/mol. The van der Waals surface area contributed by atoms with Crippen molar-refractivity contribution in [2.75, 3.05) is 0 Å². The minimum absolute atomic E-state index is 0.00799. The molecule has 5 nitrogen and oxygen atoms in total. The quantitative estimate of drug-likeness (QED) is 0.831. The van der Waals surface area contributed by atoms with Crippen molar-refractivity contribution in [1.82, 2.24) is 5.32 Å².